The number of nitrogen functional groups attached to an aromatic ring is 1. The van der Waals surface area contributed by atoms with Gasteiger partial charge in [0.1, 0.15) is 5.72 Å². The van der Waals surface area contributed by atoms with Gasteiger partial charge in [-0.25, -0.2) is 0 Å². The van der Waals surface area contributed by atoms with Gasteiger partial charge < -0.3 is 25.7 Å². The summed E-state index contributed by atoms with van der Waals surface area (Å²) in [5.74, 6) is 0. The van der Waals surface area contributed by atoms with Gasteiger partial charge in [-0.1, -0.05) is 46.8 Å². The number of anilines is 1. The van der Waals surface area contributed by atoms with Gasteiger partial charge in [-0.3, -0.25) is 0 Å². The first kappa shape index (κ1) is 25.9. The topological polar surface area (TPSA) is 79.7 Å². The van der Waals surface area contributed by atoms with Crippen molar-refractivity contribution in [2.24, 2.45) is 16.6 Å². The monoisotopic (exact) mass is 408 g/mol. The molecule has 0 aromatic heterocycles. The zero-order chi connectivity index (χ0) is 22.5. The summed E-state index contributed by atoms with van der Waals surface area (Å²) < 4.78 is 18.4. The number of benzene rings is 1. The van der Waals surface area contributed by atoms with Crippen molar-refractivity contribution in [3.8, 4) is 0 Å². The summed E-state index contributed by atoms with van der Waals surface area (Å²) >= 11 is 0. The molecule has 2 atom stereocenters. The SMILES string of the molecule is CC(C)(COC(C)(C)C)CC(C)(N)OC(COCc1ccc(N)cc1)C(C)(C)C. The summed E-state index contributed by atoms with van der Waals surface area (Å²) in [4.78, 5) is 0. The van der Waals surface area contributed by atoms with Crippen molar-refractivity contribution in [2.45, 2.75) is 92.8 Å². The lowest BCUT2D eigenvalue weighted by molar-refractivity contribution is -0.166. The van der Waals surface area contributed by atoms with Crippen LogP contribution in [0.2, 0.25) is 0 Å². The Morgan fingerprint density at radius 1 is 0.897 bits per heavy atom. The molecule has 0 aliphatic heterocycles. The smallest absolute Gasteiger partial charge is 0.115 e. The Hall–Kier alpha value is -1.14. The number of hydrogen-bond donors (Lipinski definition) is 2. The highest BCUT2D eigenvalue weighted by Gasteiger charge is 2.37. The van der Waals surface area contributed by atoms with Crippen LogP contribution in [0.5, 0.6) is 0 Å². The normalized spacial score (nSPS) is 16.5. The Kier molecular flexibility index (Phi) is 8.73. The molecule has 5 heteroatoms. The van der Waals surface area contributed by atoms with E-state index >= 15 is 0 Å². The molecular formula is C24H44N2O3. The van der Waals surface area contributed by atoms with E-state index in [4.69, 9.17) is 25.7 Å². The van der Waals surface area contributed by atoms with E-state index in [2.05, 4.69) is 55.4 Å². The standard InChI is InChI=1S/C24H44N2O3/c1-21(2,3)20(15-27-14-18-10-12-19(25)13-11-18)29-24(9,26)16-23(7,8)17-28-22(4,5)6/h10-13,20H,14-17,25-26H2,1-9H3. The van der Waals surface area contributed by atoms with Crippen LogP contribution in [-0.4, -0.2) is 30.6 Å². The second-order valence-electron chi connectivity index (χ2n) is 11.3. The van der Waals surface area contributed by atoms with Crippen LogP contribution in [0.25, 0.3) is 0 Å². The summed E-state index contributed by atoms with van der Waals surface area (Å²) in [6, 6.07) is 7.73. The average Bonchev–Trinajstić information content (AvgIpc) is 2.51. The molecule has 0 fully saturated rings. The molecule has 1 aromatic rings. The highest BCUT2D eigenvalue weighted by Crippen LogP contribution is 2.33. The Morgan fingerprint density at radius 2 is 1.45 bits per heavy atom. The van der Waals surface area contributed by atoms with Crippen molar-refractivity contribution in [1.29, 1.82) is 0 Å². The van der Waals surface area contributed by atoms with Gasteiger partial charge in [0, 0.05) is 5.69 Å². The summed E-state index contributed by atoms with van der Waals surface area (Å²) in [6.07, 6.45) is 0.547. The minimum absolute atomic E-state index is 0.103. The molecule has 0 saturated heterocycles. The van der Waals surface area contributed by atoms with E-state index in [1.54, 1.807) is 0 Å². The van der Waals surface area contributed by atoms with E-state index < -0.39 is 5.72 Å². The lowest BCUT2D eigenvalue weighted by Gasteiger charge is -2.41. The van der Waals surface area contributed by atoms with Crippen LogP contribution in [-0.2, 0) is 20.8 Å². The number of ether oxygens (including phenoxy) is 3. The minimum Gasteiger partial charge on any atom is -0.399 e. The third kappa shape index (κ3) is 11.0. The van der Waals surface area contributed by atoms with Gasteiger partial charge in [0.15, 0.2) is 0 Å². The fraction of sp³-hybridized carbons (Fsp3) is 0.750. The van der Waals surface area contributed by atoms with E-state index in [1.165, 1.54) is 0 Å². The molecule has 29 heavy (non-hydrogen) atoms. The van der Waals surface area contributed by atoms with Gasteiger partial charge in [0.2, 0.25) is 0 Å². The van der Waals surface area contributed by atoms with Crippen LogP contribution in [0.4, 0.5) is 5.69 Å². The van der Waals surface area contributed by atoms with Gasteiger partial charge in [0.05, 0.1) is 31.5 Å². The number of hydrogen-bond acceptors (Lipinski definition) is 5. The first-order valence-corrected chi connectivity index (χ1v) is 10.5. The van der Waals surface area contributed by atoms with Crippen molar-refractivity contribution in [1.82, 2.24) is 0 Å². The zero-order valence-electron chi connectivity index (χ0n) is 20.1. The summed E-state index contributed by atoms with van der Waals surface area (Å²) in [7, 11) is 0. The van der Waals surface area contributed by atoms with Crippen LogP contribution in [0, 0.1) is 10.8 Å². The maximum absolute atomic E-state index is 6.59. The molecule has 4 N–H and O–H groups in total. The third-order valence-electron chi connectivity index (χ3n) is 4.62. The Balaban J connectivity index is 2.68. The predicted molar refractivity (Wildman–Crippen MR) is 122 cm³/mol. The molecule has 0 saturated carbocycles. The second kappa shape index (κ2) is 9.78. The molecule has 0 aliphatic carbocycles. The van der Waals surface area contributed by atoms with Crippen LogP contribution >= 0.6 is 0 Å². The molecule has 2 unspecified atom stereocenters. The third-order valence-corrected chi connectivity index (χ3v) is 4.62. The van der Waals surface area contributed by atoms with Crippen LogP contribution < -0.4 is 11.5 Å². The molecule has 0 heterocycles. The molecule has 5 nitrogen and oxygen atoms in total. The first-order chi connectivity index (χ1) is 13.0. The summed E-state index contributed by atoms with van der Waals surface area (Å²) in [6.45, 7) is 20.5. The lowest BCUT2D eigenvalue weighted by atomic mass is 9.84. The predicted octanol–water partition coefficient (Wildman–Crippen LogP) is 5.12. The van der Waals surface area contributed by atoms with Crippen LogP contribution in [0.3, 0.4) is 0 Å². The molecule has 0 bridgehead atoms. The highest BCUT2D eigenvalue weighted by atomic mass is 16.6. The maximum atomic E-state index is 6.59. The molecule has 0 aliphatic rings. The second-order valence-corrected chi connectivity index (χ2v) is 11.3. The summed E-state index contributed by atoms with van der Waals surface area (Å²) in [5.41, 5.74) is 13.0. The van der Waals surface area contributed by atoms with Crippen molar-refractivity contribution in [3.63, 3.8) is 0 Å². The number of rotatable bonds is 10. The Bertz CT molecular complexity index is 610. The Labute approximate surface area is 178 Å². The van der Waals surface area contributed by atoms with Crippen LogP contribution in [0.1, 0.15) is 74.3 Å². The largest absolute Gasteiger partial charge is 0.399 e. The van der Waals surface area contributed by atoms with Gasteiger partial charge in [-0.2, -0.15) is 0 Å². The maximum Gasteiger partial charge on any atom is 0.115 e. The van der Waals surface area contributed by atoms with Crippen molar-refractivity contribution < 1.29 is 14.2 Å². The van der Waals surface area contributed by atoms with Gasteiger partial charge >= 0.3 is 0 Å². The van der Waals surface area contributed by atoms with Gasteiger partial charge in [-0.15, -0.1) is 0 Å². The van der Waals surface area contributed by atoms with Crippen molar-refractivity contribution >= 4 is 5.69 Å². The van der Waals surface area contributed by atoms with Crippen LogP contribution in [0.15, 0.2) is 24.3 Å². The average molecular weight is 409 g/mol. The molecule has 1 aromatic carbocycles. The van der Waals surface area contributed by atoms with E-state index in [0.717, 1.165) is 11.3 Å². The first-order valence-electron chi connectivity index (χ1n) is 10.5. The minimum atomic E-state index is -0.784. The zero-order valence-corrected chi connectivity index (χ0v) is 20.1. The van der Waals surface area contributed by atoms with E-state index in [-0.39, 0.29) is 22.5 Å². The molecule has 0 spiro atoms. The molecule has 0 radical (unpaired) electrons. The fourth-order valence-electron chi connectivity index (χ4n) is 3.14. The molecule has 1 rings (SSSR count). The van der Waals surface area contributed by atoms with E-state index in [1.807, 2.05) is 31.2 Å². The van der Waals surface area contributed by atoms with E-state index in [0.29, 0.717) is 26.2 Å². The lowest BCUT2D eigenvalue weighted by Crippen LogP contribution is -2.50. The van der Waals surface area contributed by atoms with E-state index in [9.17, 15) is 0 Å². The van der Waals surface area contributed by atoms with Gasteiger partial charge in [0.25, 0.3) is 0 Å². The van der Waals surface area contributed by atoms with Crippen molar-refractivity contribution in [3.05, 3.63) is 29.8 Å². The molecule has 168 valence electrons. The quantitative estimate of drug-likeness (QED) is 0.415. The number of nitrogens with two attached hydrogens (primary N) is 2. The molecular weight excluding hydrogens is 364 g/mol. The summed E-state index contributed by atoms with van der Waals surface area (Å²) in [5, 5.41) is 0. The molecule has 0 amide bonds. The fourth-order valence-corrected chi connectivity index (χ4v) is 3.14. The van der Waals surface area contributed by atoms with Gasteiger partial charge in [-0.05, 0) is 62.6 Å². The Morgan fingerprint density at radius 3 is 1.93 bits per heavy atom. The highest BCUT2D eigenvalue weighted by molar-refractivity contribution is 5.39. The van der Waals surface area contributed by atoms with Crippen molar-refractivity contribution in [2.75, 3.05) is 18.9 Å².